The van der Waals surface area contributed by atoms with E-state index >= 15 is 0 Å². The van der Waals surface area contributed by atoms with Crippen LogP contribution in [0.4, 0.5) is 4.79 Å². The van der Waals surface area contributed by atoms with Crippen molar-refractivity contribution in [1.82, 2.24) is 10.2 Å². The van der Waals surface area contributed by atoms with Crippen LogP contribution in [-0.2, 0) is 25.5 Å². The predicted octanol–water partition coefficient (Wildman–Crippen LogP) is 2.91. The number of ether oxygens (including phenoxy) is 2. The first-order chi connectivity index (χ1) is 13.1. The van der Waals surface area contributed by atoms with Crippen LogP contribution in [0.5, 0.6) is 0 Å². The lowest BCUT2D eigenvalue weighted by atomic mass is 10.0. The highest BCUT2D eigenvalue weighted by molar-refractivity contribution is 9.10. The fraction of sp³-hybridized carbons (Fsp3) is 0.550. The summed E-state index contributed by atoms with van der Waals surface area (Å²) in [7, 11) is 1.34. The number of carbonyl (C=O) groups excluding carboxylic acids is 3. The van der Waals surface area contributed by atoms with Gasteiger partial charge >= 0.3 is 12.1 Å². The van der Waals surface area contributed by atoms with Crippen molar-refractivity contribution < 1.29 is 23.9 Å². The van der Waals surface area contributed by atoms with Crippen molar-refractivity contribution in [3.63, 3.8) is 0 Å². The molecule has 0 saturated carbocycles. The van der Waals surface area contributed by atoms with Gasteiger partial charge in [-0.15, -0.1) is 0 Å². The molecule has 2 rings (SSSR count). The Balaban J connectivity index is 2.13. The van der Waals surface area contributed by atoms with E-state index in [4.69, 9.17) is 9.47 Å². The third-order valence-electron chi connectivity index (χ3n) is 4.35. The highest BCUT2D eigenvalue weighted by atomic mass is 79.9. The lowest BCUT2D eigenvalue weighted by Gasteiger charge is -2.26. The van der Waals surface area contributed by atoms with E-state index in [1.807, 2.05) is 24.3 Å². The van der Waals surface area contributed by atoms with E-state index in [9.17, 15) is 14.4 Å². The van der Waals surface area contributed by atoms with E-state index in [0.717, 1.165) is 10.0 Å². The summed E-state index contributed by atoms with van der Waals surface area (Å²) in [4.78, 5) is 38.7. The molecule has 7 nitrogen and oxygen atoms in total. The van der Waals surface area contributed by atoms with Gasteiger partial charge in [0.25, 0.3) is 0 Å². The number of nitrogens with one attached hydrogen (secondary N) is 1. The molecule has 1 heterocycles. The van der Waals surface area contributed by atoms with E-state index in [2.05, 4.69) is 21.2 Å². The van der Waals surface area contributed by atoms with E-state index in [0.29, 0.717) is 19.4 Å². The predicted molar refractivity (Wildman–Crippen MR) is 108 cm³/mol. The van der Waals surface area contributed by atoms with Gasteiger partial charge in [0.15, 0.2) is 0 Å². The second-order valence-corrected chi connectivity index (χ2v) is 8.74. The SMILES string of the molecule is COC(=O)[C@@H]1CCN(C(=O)[C@H](Cc2cccc(Br)c2)NC(=O)OC(C)(C)C)C1. The summed E-state index contributed by atoms with van der Waals surface area (Å²) in [6.45, 7) is 6.03. The second kappa shape index (κ2) is 9.41. The molecule has 1 fully saturated rings. The van der Waals surface area contributed by atoms with E-state index in [1.165, 1.54) is 7.11 Å². The van der Waals surface area contributed by atoms with Crippen LogP contribution < -0.4 is 5.32 Å². The van der Waals surface area contributed by atoms with Crippen molar-refractivity contribution in [3.8, 4) is 0 Å². The first kappa shape index (κ1) is 22.2. The standard InChI is InChI=1S/C20H27BrN2O5/c1-20(2,3)28-19(26)22-16(11-13-6-5-7-15(21)10-13)17(24)23-9-8-14(12-23)18(25)27-4/h5-7,10,14,16H,8-9,11-12H2,1-4H3,(H,22,26)/t14-,16+/m1/s1. The fourth-order valence-electron chi connectivity index (χ4n) is 3.09. The molecule has 1 aromatic carbocycles. The Kier molecular flexibility index (Phi) is 7.46. The number of halogens is 1. The van der Waals surface area contributed by atoms with Crippen molar-refractivity contribution in [2.24, 2.45) is 5.92 Å². The Labute approximate surface area is 173 Å². The summed E-state index contributed by atoms with van der Waals surface area (Å²) in [6.07, 6.45) is 0.218. The Hall–Kier alpha value is -2.09. The number of esters is 1. The van der Waals surface area contributed by atoms with Gasteiger partial charge in [0, 0.05) is 24.0 Å². The quantitative estimate of drug-likeness (QED) is 0.691. The number of methoxy groups -OCH3 is 1. The molecule has 2 amide bonds. The summed E-state index contributed by atoms with van der Waals surface area (Å²) >= 11 is 3.42. The molecule has 0 unspecified atom stereocenters. The van der Waals surface area contributed by atoms with Gasteiger partial charge in [-0.2, -0.15) is 0 Å². The van der Waals surface area contributed by atoms with Gasteiger partial charge in [-0.1, -0.05) is 28.1 Å². The molecule has 1 aliphatic rings. The Morgan fingerprint density at radius 2 is 2.04 bits per heavy atom. The third kappa shape index (κ3) is 6.51. The first-order valence-electron chi connectivity index (χ1n) is 9.19. The van der Waals surface area contributed by atoms with Gasteiger partial charge in [-0.25, -0.2) is 4.79 Å². The number of alkyl carbamates (subject to hydrolysis) is 1. The van der Waals surface area contributed by atoms with Crippen LogP contribution in [0.15, 0.2) is 28.7 Å². The molecule has 154 valence electrons. The van der Waals surface area contributed by atoms with Crippen molar-refractivity contribution >= 4 is 33.9 Å². The third-order valence-corrected chi connectivity index (χ3v) is 4.85. The lowest BCUT2D eigenvalue weighted by Crippen LogP contribution is -2.50. The minimum atomic E-state index is -0.791. The van der Waals surface area contributed by atoms with Crippen molar-refractivity contribution in [2.75, 3.05) is 20.2 Å². The maximum atomic E-state index is 13.1. The second-order valence-electron chi connectivity index (χ2n) is 7.83. The monoisotopic (exact) mass is 454 g/mol. The van der Waals surface area contributed by atoms with Crippen LogP contribution in [0.3, 0.4) is 0 Å². The minimum Gasteiger partial charge on any atom is -0.469 e. The molecule has 0 radical (unpaired) electrons. The number of hydrogen-bond acceptors (Lipinski definition) is 5. The highest BCUT2D eigenvalue weighted by Gasteiger charge is 2.35. The molecule has 0 aromatic heterocycles. The van der Waals surface area contributed by atoms with Crippen LogP contribution in [0.2, 0.25) is 0 Å². The molecule has 0 spiro atoms. The van der Waals surface area contributed by atoms with Crippen LogP contribution >= 0.6 is 15.9 Å². The normalized spacial score (nSPS) is 17.8. The van der Waals surface area contributed by atoms with Crippen molar-refractivity contribution in [2.45, 2.75) is 45.3 Å². The maximum absolute atomic E-state index is 13.1. The minimum absolute atomic E-state index is 0.239. The Morgan fingerprint density at radius 3 is 2.64 bits per heavy atom. The highest BCUT2D eigenvalue weighted by Crippen LogP contribution is 2.20. The van der Waals surface area contributed by atoms with Crippen molar-refractivity contribution in [1.29, 1.82) is 0 Å². The van der Waals surface area contributed by atoms with Crippen LogP contribution in [0.25, 0.3) is 0 Å². The average molecular weight is 455 g/mol. The largest absolute Gasteiger partial charge is 0.469 e. The van der Waals surface area contributed by atoms with Crippen LogP contribution in [-0.4, -0.2) is 54.7 Å². The van der Waals surface area contributed by atoms with Crippen molar-refractivity contribution in [3.05, 3.63) is 34.3 Å². The maximum Gasteiger partial charge on any atom is 0.408 e. The van der Waals surface area contributed by atoms with Gasteiger partial charge < -0.3 is 19.7 Å². The summed E-state index contributed by atoms with van der Waals surface area (Å²) < 4.78 is 11.0. The Bertz CT molecular complexity index is 732. The molecule has 28 heavy (non-hydrogen) atoms. The zero-order chi connectivity index (χ0) is 20.9. The topological polar surface area (TPSA) is 84.9 Å². The first-order valence-corrected chi connectivity index (χ1v) is 9.99. The molecule has 1 N–H and O–H groups in total. The molecule has 1 aliphatic heterocycles. The molecule has 1 aromatic rings. The zero-order valence-corrected chi connectivity index (χ0v) is 18.2. The molecule has 0 bridgehead atoms. The smallest absolute Gasteiger partial charge is 0.408 e. The molecule has 1 saturated heterocycles. The number of carbonyl (C=O) groups is 3. The number of hydrogen-bond donors (Lipinski definition) is 1. The van der Waals surface area contributed by atoms with E-state index in [-0.39, 0.29) is 24.3 Å². The average Bonchev–Trinajstić information content (AvgIpc) is 3.08. The van der Waals surface area contributed by atoms with Gasteiger partial charge in [0.05, 0.1) is 13.0 Å². The molecule has 2 atom stereocenters. The number of benzene rings is 1. The molecule has 8 heteroatoms. The summed E-state index contributed by atoms with van der Waals surface area (Å²) in [6, 6.07) is 6.77. The van der Waals surface area contributed by atoms with E-state index in [1.54, 1.807) is 25.7 Å². The summed E-state index contributed by atoms with van der Waals surface area (Å²) in [5, 5.41) is 2.69. The van der Waals surface area contributed by atoms with E-state index < -0.39 is 17.7 Å². The number of likely N-dealkylation sites (tertiary alicyclic amines) is 1. The zero-order valence-electron chi connectivity index (χ0n) is 16.7. The summed E-state index contributed by atoms with van der Waals surface area (Å²) in [5.41, 5.74) is 0.226. The van der Waals surface area contributed by atoms with Gasteiger partial charge in [-0.05, 0) is 44.9 Å². The number of amides is 2. The number of nitrogens with zero attached hydrogens (tertiary/aromatic N) is 1. The van der Waals surface area contributed by atoms with Gasteiger partial charge in [-0.3, -0.25) is 9.59 Å². The molecular formula is C20H27BrN2O5. The van der Waals surface area contributed by atoms with Crippen LogP contribution in [0, 0.1) is 5.92 Å². The molecule has 0 aliphatic carbocycles. The lowest BCUT2D eigenvalue weighted by molar-refractivity contribution is -0.145. The summed E-state index contributed by atoms with van der Waals surface area (Å²) in [5.74, 6) is -0.891. The number of rotatable bonds is 5. The van der Waals surface area contributed by atoms with Gasteiger partial charge in [0.2, 0.25) is 5.91 Å². The molecular weight excluding hydrogens is 428 g/mol. The Morgan fingerprint density at radius 1 is 1.32 bits per heavy atom. The van der Waals surface area contributed by atoms with Gasteiger partial charge in [0.1, 0.15) is 11.6 Å². The fourth-order valence-corrected chi connectivity index (χ4v) is 3.54. The van der Waals surface area contributed by atoms with Crippen LogP contribution in [0.1, 0.15) is 32.8 Å².